The number of hydrogen-bond acceptors (Lipinski definition) is 5. The number of carboxylic acids is 1. The molecule has 0 radical (unpaired) electrons. The Morgan fingerprint density at radius 2 is 2.13 bits per heavy atom. The molecule has 0 saturated carbocycles. The molecule has 0 spiro atoms. The van der Waals surface area contributed by atoms with Gasteiger partial charge in [0.25, 0.3) is 0 Å². The molecule has 82 valence electrons. The maximum atomic E-state index is 10.8. The molecule has 1 heterocycles. The standard InChI is InChI=1S/C9H12N2O4/c12-4-6(5-13)11-7-2-1-3-10-8(7)9(14)15/h1-3,6,11-13H,4-5H2,(H,14,15). The Bertz CT molecular complexity index is 339. The smallest absolute Gasteiger partial charge is 0.356 e. The van der Waals surface area contributed by atoms with Crippen LogP contribution in [0.1, 0.15) is 10.5 Å². The number of rotatable bonds is 5. The Morgan fingerprint density at radius 3 is 2.67 bits per heavy atom. The highest BCUT2D eigenvalue weighted by Gasteiger charge is 2.13. The zero-order chi connectivity index (χ0) is 11.3. The highest BCUT2D eigenvalue weighted by Crippen LogP contribution is 2.12. The molecule has 0 aliphatic heterocycles. The van der Waals surface area contributed by atoms with E-state index in [9.17, 15) is 4.79 Å². The van der Waals surface area contributed by atoms with Crippen molar-refractivity contribution in [3.8, 4) is 0 Å². The highest BCUT2D eigenvalue weighted by atomic mass is 16.4. The molecule has 0 amide bonds. The normalized spacial score (nSPS) is 10.3. The second kappa shape index (κ2) is 5.28. The predicted octanol–water partition coefficient (Wildman–Crippen LogP) is -0.455. The Labute approximate surface area is 86.2 Å². The lowest BCUT2D eigenvalue weighted by molar-refractivity contribution is 0.0691. The molecule has 0 aliphatic carbocycles. The van der Waals surface area contributed by atoms with E-state index in [1.54, 1.807) is 6.07 Å². The van der Waals surface area contributed by atoms with Gasteiger partial charge in [0.1, 0.15) is 0 Å². The Balaban J connectivity index is 2.88. The predicted molar refractivity (Wildman–Crippen MR) is 52.8 cm³/mol. The third-order valence-corrected chi connectivity index (χ3v) is 1.81. The molecule has 0 unspecified atom stereocenters. The maximum absolute atomic E-state index is 10.8. The Hall–Kier alpha value is -1.66. The van der Waals surface area contributed by atoms with Crippen LogP contribution in [0.5, 0.6) is 0 Å². The molecule has 1 aromatic rings. The molecule has 0 bridgehead atoms. The van der Waals surface area contributed by atoms with E-state index in [-0.39, 0.29) is 24.6 Å². The molecule has 0 atom stereocenters. The summed E-state index contributed by atoms with van der Waals surface area (Å²) in [7, 11) is 0. The van der Waals surface area contributed by atoms with Gasteiger partial charge < -0.3 is 20.6 Å². The van der Waals surface area contributed by atoms with Crippen LogP contribution in [0.2, 0.25) is 0 Å². The van der Waals surface area contributed by atoms with Gasteiger partial charge in [-0.15, -0.1) is 0 Å². The van der Waals surface area contributed by atoms with E-state index in [2.05, 4.69) is 10.3 Å². The minimum absolute atomic E-state index is 0.135. The summed E-state index contributed by atoms with van der Waals surface area (Å²) in [5, 5.41) is 29.1. The van der Waals surface area contributed by atoms with Crippen LogP contribution in [0.4, 0.5) is 5.69 Å². The minimum atomic E-state index is -1.16. The van der Waals surface area contributed by atoms with Gasteiger partial charge in [0.05, 0.1) is 24.9 Å². The van der Waals surface area contributed by atoms with E-state index in [0.29, 0.717) is 0 Å². The third-order valence-electron chi connectivity index (χ3n) is 1.81. The molecule has 1 aromatic heterocycles. The van der Waals surface area contributed by atoms with Crippen LogP contribution < -0.4 is 5.32 Å². The molecule has 0 aromatic carbocycles. The van der Waals surface area contributed by atoms with Crippen LogP contribution in [0.15, 0.2) is 18.3 Å². The van der Waals surface area contributed by atoms with Gasteiger partial charge in [-0.1, -0.05) is 0 Å². The average Bonchev–Trinajstić information content (AvgIpc) is 2.26. The van der Waals surface area contributed by atoms with Crippen molar-refractivity contribution in [3.05, 3.63) is 24.0 Å². The molecule has 1 rings (SSSR count). The number of aromatic carboxylic acids is 1. The lowest BCUT2D eigenvalue weighted by Crippen LogP contribution is -2.28. The van der Waals surface area contributed by atoms with Crippen molar-refractivity contribution in [2.75, 3.05) is 18.5 Å². The number of anilines is 1. The van der Waals surface area contributed by atoms with Crippen LogP contribution in [0.3, 0.4) is 0 Å². The topological polar surface area (TPSA) is 103 Å². The van der Waals surface area contributed by atoms with Gasteiger partial charge in [0, 0.05) is 6.20 Å². The molecule has 0 aliphatic rings. The second-order valence-electron chi connectivity index (χ2n) is 2.91. The van der Waals surface area contributed by atoms with Crippen molar-refractivity contribution in [2.24, 2.45) is 0 Å². The number of aromatic nitrogens is 1. The summed E-state index contributed by atoms with van der Waals surface area (Å²) in [6.07, 6.45) is 1.36. The zero-order valence-electron chi connectivity index (χ0n) is 7.92. The first-order valence-electron chi connectivity index (χ1n) is 4.35. The van der Waals surface area contributed by atoms with Gasteiger partial charge in [-0.05, 0) is 12.1 Å². The van der Waals surface area contributed by atoms with Crippen molar-refractivity contribution in [3.63, 3.8) is 0 Å². The Morgan fingerprint density at radius 1 is 1.47 bits per heavy atom. The summed E-state index contributed by atoms with van der Waals surface area (Å²) < 4.78 is 0. The maximum Gasteiger partial charge on any atom is 0.356 e. The van der Waals surface area contributed by atoms with Gasteiger partial charge in [0.2, 0.25) is 0 Å². The Kier molecular flexibility index (Phi) is 4.02. The fourth-order valence-corrected chi connectivity index (χ4v) is 1.06. The van der Waals surface area contributed by atoms with Crippen molar-refractivity contribution in [2.45, 2.75) is 6.04 Å². The summed E-state index contributed by atoms with van der Waals surface area (Å²) in [5.41, 5.74) is 0.141. The minimum Gasteiger partial charge on any atom is -0.476 e. The number of aliphatic hydroxyl groups excluding tert-OH is 2. The van der Waals surface area contributed by atoms with Gasteiger partial charge in [0.15, 0.2) is 5.69 Å². The number of carbonyl (C=O) groups is 1. The van der Waals surface area contributed by atoms with Crippen LogP contribution in [0.25, 0.3) is 0 Å². The summed E-state index contributed by atoms with van der Waals surface area (Å²) >= 11 is 0. The SMILES string of the molecule is O=C(O)c1ncccc1NC(CO)CO. The van der Waals surface area contributed by atoms with Crippen LogP contribution in [-0.2, 0) is 0 Å². The monoisotopic (exact) mass is 212 g/mol. The average molecular weight is 212 g/mol. The summed E-state index contributed by atoms with van der Waals surface area (Å²) in [6, 6.07) is 2.50. The molecule has 0 fully saturated rings. The van der Waals surface area contributed by atoms with Crippen molar-refractivity contribution < 1.29 is 20.1 Å². The lowest BCUT2D eigenvalue weighted by atomic mass is 10.2. The van der Waals surface area contributed by atoms with Crippen molar-refractivity contribution >= 4 is 11.7 Å². The number of pyridine rings is 1. The van der Waals surface area contributed by atoms with Crippen LogP contribution >= 0.6 is 0 Å². The van der Waals surface area contributed by atoms with E-state index >= 15 is 0 Å². The van der Waals surface area contributed by atoms with Crippen molar-refractivity contribution in [1.82, 2.24) is 4.98 Å². The van der Waals surface area contributed by atoms with Gasteiger partial charge in [-0.3, -0.25) is 0 Å². The first-order chi connectivity index (χ1) is 7.19. The lowest BCUT2D eigenvalue weighted by Gasteiger charge is -2.15. The first-order valence-corrected chi connectivity index (χ1v) is 4.35. The molecule has 15 heavy (non-hydrogen) atoms. The molecule has 0 saturated heterocycles. The van der Waals surface area contributed by atoms with Crippen LogP contribution in [0, 0.1) is 0 Å². The van der Waals surface area contributed by atoms with E-state index < -0.39 is 12.0 Å². The van der Waals surface area contributed by atoms with E-state index in [1.165, 1.54) is 12.3 Å². The number of hydrogen-bond donors (Lipinski definition) is 4. The molecule has 4 N–H and O–H groups in total. The highest BCUT2D eigenvalue weighted by molar-refractivity contribution is 5.91. The number of nitrogens with one attached hydrogen (secondary N) is 1. The van der Waals surface area contributed by atoms with Gasteiger partial charge >= 0.3 is 5.97 Å². The molecular weight excluding hydrogens is 200 g/mol. The molecular formula is C9H12N2O4. The number of nitrogens with zero attached hydrogens (tertiary/aromatic N) is 1. The van der Waals surface area contributed by atoms with Crippen LogP contribution in [-0.4, -0.2) is 45.5 Å². The first kappa shape index (κ1) is 11.4. The van der Waals surface area contributed by atoms with E-state index in [1.807, 2.05) is 0 Å². The van der Waals surface area contributed by atoms with Crippen molar-refractivity contribution in [1.29, 1.82) is 0 Å². The van der Waals surface area contributed by atoms with Gasteiger partial charge in [-0.25, -0.2) is 9.78 Å². The van der Waals surface area contributed by atoms with E-state index in [4.69, 9.17) is 15.3 Å². The molecule has 6 heteroatoms. The molecule has 6 nitrogen and oxygen atoms in total. The number of carboxylic acid groups (broad SMARTS) is 1. The van der Waals surface area contributed by atoms with Gasteiger partial charge in [-0.2, -0.15) is 0 Å². The summed E-state index contributed by atoms with van der Waals surface area (Å²) in [5.74, 6) is -1.16. The third kappa shape index (κ3) is 2.90. The quantitative estimate of drug-likeness (QED) is 0.527. The second-order valence-corrected chi connectivity index (χ2v) is 2.91. The summed E-state index contributed by atoms with van der Waals surface area (Å²) in [4.78, 5) is 14.4. The largest absolute Gasteiger partial charge is 0.476 e. The number of aliphatic hydroxyl groups is 2. The zero-order valence-corrected chi connectivity index (χ0v) is 7.92. The fraction of sp³-hybridized carbons (Fsp3) is 0.333. The fourth-order valence-electron chi connectivity index (χ4n) is 1.06. The summed E-state index contributed by atoms with van der Waals surface area (Å²) in [6.45, 7) is -0.574. The van der Waals surface area contributed by atoms with E-state index in [0.717, 1.165) is 0 Å².